The zero-order valence-electron chi connectivity index (χ0n) is 16.8. The van der Waals surface area contributed by atoms with Crippen molar-refractivity contribution in [2.45, 2.75) is 44.7 Å². The van der Waals surface area contributed by atoms with Crippen molar-refractivity contribution in [3.63, 3.8) is 0 Å². The summed E-state index contributed by atoms with van der Waals surface area (Å²) in [6.45, 7) is 6.40. The van der Waals surface area contributed by atoms with Crippen LogP contribution in [0.3, 0.4) is 0 Å². The highest BCUT2D eigenvalue weighted by molar-refractivity contribution is 8.00. The summed E-state index contributed by atoms with van der Waals surface area (Å²) >= 11 is 1.55. The van der Waals surface area contributed by atoms with E-state index in [1.807, 2.05) is 49.7 Å². The third-order valence-corrected chi connectivity index (χ3v) is 8.21. The van der Waals surface area contributed by atoms with Gasteiger partial charge in [-0.1, -0.05) is 18.2 Å². The van der Waals surface area contributed by atoms with Crippen molar-refractivity contribution in [1.82, 2.24) is 14.7 Å². The average molecular weight is 422 g/mol. The lowest BCUT2D eigenvalue weighted by atomic mass is 10.1. The Kier molecular flexibility index (Phi) is 6.19. The fourth-order valence-electron chi connectivity index (χ4n) is 3.54. The SMILES string of the molecule is Cc1ccccc1SCC(=O)N(C)Cc1c(C)nn([C@H]2CCS(=O)(=O)C2)c1C. The van der Waals surface area contributed by atoms with Gasteiger partial charge in [0.15, 0.2) is 9.84 Å². The van der Waals surface area contributed by atoms with Crippen LogP contribution in [0.25, 0.3) is 0 Å². The van der Waals surface area contributed by atoms with E-state index in [9.17, 15) is 13.2 Å². The number of benzene rings is 1. The molecule has 1 aliphatic rings. The van der Waals surface area contributed by atoms with Gasteiger partial charge >= 0.3 is 0 Å². The van der Waals surface area contributed by atoms with Crippen LogP contribution in [0.4, 0.5) is 0 Å². The molecule has 2 heterocycles. The van der Waals surface area contributed by atoms with Crippen LogP contribution < -0.4 is 0 Å². The molecule has 6 nitrogen and oxygen atoms in total. The van der Waals surface area contributed by atoms with Crippen molar-refractivity contribution in [2.75, 3.05) is 24.3 Å². The van der Waals surface area contributed by atoms with E-state index in [0.29, 0.717) is 18.7 Å². The van der Waals surface area contributed by atoms with Gasteiger partial charge < -0.3 is 4.90 Å². The summed E-state index contributed by atoms with van der Waals surface area (Å²) in [5, 5.41) is 4.58. The Labute approximate surface area is 171 Å². The minimum absolute atomic E-state index is 0.0586. The maximum absolute atomic E-state index is 12.6. The fourth-order valence-corrected chi connectivity index (χ4v) is 6.20. The maximum Gasteiger partial charge on any atom is 0.232 e. The fraction of sp³-hybridized carbons (Fsp3) is 0.500. The highest BCUT2D eigenvalue weighted by Gasteiger charge is 2.31. The summed E-state index contributed by atoms with van der Waals surface area (Å²) in [7, 11) is -1.16. The lowest BCUT2D eigenvalue weighted by molar-refractivity contribution is -0.127. The van der Waals surface area contributed by atoms with Gasteiger partial charge in [-0.2, -0.15) is 5.10 Å². The van der Waals surface area contributed by atoms with E-state index < -0.39 is 9.84 Å². The maximum atomic E-state index is 12.6. The predicted molar refractivity (Wildman–Crippen MR) is 112 cm³/mol. The molecule has 0 spiro atoms. The predicted octanol–water partition coefficient (Wildman–Crippen LogP) is 2.92. The normalized spacial score (nSPS) is 18.4. The van der Waals surface area contributed by atoms with Crippen molar-refractivity contribution in [1.29, 1.82) is 0 Å². The first-order valence-corrected chi connectivity index (χ1v) is 12.2. The second kappa shape index (κ2) is 8.29. The number of nitrogens with zero attached hydrogens (tertiary/aromatic N) is 3. The van der Waals surface area contributed by atoms with Gasteiger partial charge in [-0.25, -0.2) is 8.42 Å². The third kappa shape index (κ3) is 4.60. The minimum Gasteiger partial charge on any atom is -0.341 e. The van der Waals surface area contributed by atoms with Crippen LogP contribution in [-0.2, 0) is 21.2 Å². The van der Waals surface area contributed by atoms with Crippen molar-refractivity contribution >= 4 is 27.5 Å². The van der Waals surface area contributed by atoms with Crippen LogP contribution in [-0.4, -0.2) is 53.3 Å². The third-order valence-electron chi connectivity index (χ3n) is 5.29. The monoisotopic (exact) mass is 421 g/mol. The molecule has 1 aromatic carbocycles. The molecule has 1 atom stereocenters. The van der Waals surface area contributed by atoms with E-state index >= 15 is 0 Å². The zero-order chi connectivity index (χ0) is 20.5. The average Bonchev–Trinajstić information content (AvgIpc) is 3.14. The van der Waals surface area contributed by atoms with E-state index in [2.05, 4.69) is 5.10 Å². The lowest BCUT2D eigenvalue weighted by Gasteiger charge is -2.18. The highest BCUT2D eigenvalue weighted by atomic mass is 32.2. The quantitative estimate of drug-likeness (QED) is 0.671. The number of thioether (sulfide) groups is 1. The van der Waals surface area contributed by atoms with E-state index in [-0.39, 0.29) is 23.5 Å². The number of sulfone groups is 1. The topological polar surface area (TPSA) is 72.3 Å². The molecule has 0 radical (unpaired) electrons. The first-order chi connectivity index (χ1) is 13.2. The summed E-state index contributed by atoms with van der Waals surface area (Å²) in [6.07, 6.45) is 0.603. The Hall–Kier alpha value is -1.80. The summed E-state index contributed by atoms with van der Waals surface area (Å²) in [6, 6.07) is 7.94. The molecule has 28 heavy (non-hydrogen) atoms. The Bertz CT molecular complexity index is 983. The smallest absolute Gasteiger partial charge is 0.232 e. The number of rotatable bonds is 6. The molecule has 1 fully saturated rings. The van der Waals surface area contributed by atoms with Crippen molar-refractivity contribution in [3.05, 3.63) is 46.8 Å². The molecule has 1 aliphatic heterocycles. The molecule has 2 aromatic rings. The van der Waals surface area contributed by atoms with E-state index in [4.69, 9.17) is 0 Å². The Morgan fingerprint density at radius 2 is 2.00 bits per heavy atom. The Balaban J connectivity index is 1.66. The van der Waals surface area contributed by atoms with Crippen LogP contribution in [0, 0.1) is 20.8 Å². The number of amides is 1. The summed E-state index contributed by atoms with van der Waals surface area (Å²) in [4.78, 5) is 15.4. The molecular formula is C20H27N3O3S2. The van der Waals surface area contributed by atoms with E-state index in [0.717, 1.165) is 21.8 Å². The van der Waals surface area contributed by atoms with Crippen LogP contribution >= 0.6 is 11.8 Å². The van der Waals surface area contributed by atoms with Gasteiger partial charge in [0.2, 0.25) is 5.91 Å². The number of carbonyl (C=O) groups excluding carboxylic acids is 1. The molecule has 0 unspecified atom stereocenters. The van der Waals surface area contributed by atoms with E-state index in [1.54, 1.807) is 23.7 Å². The van der Waals surface area contributed by atoms with Gasteiger partial charge in [-0.15, -0.1) is 11.8 Å². The minimum atomic E-state index is -2.97. The zero-order valence-corrected chi connectivity index (χ0v) is 18.4. The number of hydrogen-bond donors (Lipinski definition) is 0. The summed E-state index contributed by atoms with van der Waals surface area (Å²) < 4.78 is 25.4. The van der Waals surface area contributed by atoms with Crippen LogP contribution in [0.5, 0.6) is 0 Å². The molecular weight excluding hydrogens is 394 g/mol. The highest BCUT2D eigenvalue weighted by Crippen LogP contribution is 2.27. The van der Waals surface area contributed by atoms with Crippen molar-refractivity contribution in [2.24, 2.45) is 0 Å². The first-order valence-electron chi connectivity index (χ1n) is 9.35. The molecule has 0 aliphatic carbocycles. The van der Waals surface area contributed by atoms with Crippen molar-refractivity contribution in [3.8, 4) is 0 Å². The standard InChI is InChI=1S/C20H27N3O3S2/c1-14-7-5-6-8-19(14)27-12-20(24)22(4)11-18-15(2)21-23(16(18)3)17-9-10-28(25,26)13-17/h5-8,17H,9-13H2,1-4H3/t17-/m0/s1. The van der Waals surface area contributed by atoms with Crippen LogP contribution in [0.2, 0.25) is 0 Å². The second-order valence-corrected chi connectivity index (χ2v) is 10.7. The van der Waals surface area contributed by atoms with E-state index in [1.165, 1.54) is 5.56 Å². The number of aryl methyl sites for hydroxylation is 2. The number of aromatic nitrogens is 2. The Morgan fingerprint density at radius 1 is 1.29 bits per heavy atom. The van der Waals surface area contributed by atoms with Crippen molar-refractivity contribution < 1.29 is 13.2 Å². The number of carbonyl (C=O) groups is 1. The molecule has 3 rings (SSSR count). The van der Waals surface area contributed by atoms with Crippen LogP contribution in [0.1, 0.15) is 35.0 Å². The summed E-state index contributed by atoms with van der Waals surface area (Å²) in [5.41, 5.74) is 3.97. The molecule has 0 bridgehead atoms. The van der Waals surface area contributed by atoms with Gasteiger partial charge in [0, 0.05) is 29.7 Å². The lowest BCUT2D eigenvalue weighted by Crippen LogP contribution is -2.28. The molecule has 152 valence electrons. The molecule has 0 saturated carbocycles. The van der Waals surface area contributed by atoms with Gasteiger partial charge in [0.1, 0.15) is 0 Å². The summed E-state index contributed by atoms with van der Waals surface area (Å²) in [5.74, 6) is 0.813. The number of hydrogen-bond acceptors (Lipinski definition) is 5. The van der Waals surface area contributed by atoms with Gasteiger partial charge in [0.05, 0.1) is 29.0 Å². The van der Waals surface area contributed by atoms with Crippen LogP contribution in [0.15, 0.2) is 29.2 Å². The second-order valence-electron chi connectivity index (χ2n) is 7.45. The Morgan fingerprint density at radius 3 is 2.64 bits per heavy atom. The molecule has 1 amide bonds. The first kappa shape index (κ1) is 20.9. The molecule has 0 N–H and O–H groups in total. The molecule has 8 heteroatoms. The van der Waals surface area contributed by atoms with Gasteiger partial charge in [-0.3, -0.25) is 9.48 Å². The molecule has 1 aromatic heterocycles. The van der Waals surface area contributed by atoms with Gasteiger partial charge in [-0.05, 0) is 38.8 Å². The largest absolute Gasteiger partial charge is 0.341 e. The van der Waals surface area contributed by atoms with Gasteiger partial charge in [0.25, 0.3) is 0 Å². The molecule has 1 saturated heterocycles.